The van der Waals surface area contributed by atoms with Crippen LogP contribution in [0.4, 0.5) is 0 Å². The van der Waals surface area contributed by atoms with E-state index in [1.54, 1.807) is 22.7 Å². The topological polar surface area (TPSA) is 69.6 Å². The quantitative estimate of drug-likeness (QED) is 0.550. The van der Waals surface area contributed by atoms with Gasteiger partial charge in [-0.3, -0.25) is 9.59 Å². The third-order valence-corrected chi connectivity index (χ3v) is 10.0. The molecule has 2 N–H and O–H groups in total. The predicted octanol–water partition coefficient (Wildman–Crippen LogP) is 4.96. The van der Waals surface area contributed by atoms with Gasteiger partial charge in [-0.1, -0.05) is 33.6 Å². The number of carbonyl (C=O) groups is 2. The standard InChI is InChI=1S/C23H24BrClN2O3S/c24-14-1-2-15(16(25)6-14)22-27-17(10-31-22)19(28)18(21(27)30)20(29)26-23-7-11-3-12(8-23)5-13(4-11)9-23/h1-2,6,11-13,17,22,28H,3-5,7-10H2,(H,26,29)/t11?,12?,13?,17?,22-,23?/m0/s1. The van der Waals surface area contributed by atoms with Crippen molar-refractivity contribution >= 4 is 51.1 Å². The molecular weight excluding hydrogens is 500 g/mol. The molecule has 6 aliphatic rings. The minimum Gasteiger partial charge on any atom is -0.509 e. The van der Waals surface area contributed by atoms with Crippen LogP contribution in [0.15, 0.2) is 34.0 Å². The number of rotatable bonds is 3. The Kier molecular flexibility index (Phi) is 4.72. The minimum atomic E-state index is -0.473. The van der Waals surface area contributed by atoms with Crippen molar-refractivity contribution in [3.05, 3.63) is 44.6 Å². The minimum absolute atomic E-state index is 0.0701. The molecule has 4 bridgehead atoms. The zero-order valence-corrected chi connectivity index (χ0v) is 20.1. The van der Waals surface area contributed by atoms with E-state index in [2.05, 4.69) is 21.2 Å². The van der Waals surface area contributed by atoms with E-state index in [0.717, 1.165) is 29.3 Å². The lowest BCUT2D eigenvalue weighted by atomic mass is 9.53. The van der Waals surface area contributed by atoms with Crippen molar-refractivity contribution in [3.8, 4) is 0 Å². The molecule has 0 spiro atoms. The maximum Gasteiger partial charge on any atom is 0.264 e. The maximum absolute atomic E-state index is 13.4. The van der Waals surface area contributed by atoms with E-state index in [1.807, 2.05) is 12.1 Å². The molecule has 5 nitrogen and oxygen atoms in total. The number of aliphatic hydroxyl groups is 1. The van der Waals surface area contributed by atoms with Crippen LogP contribution in [-0.2, 0) is 9.59 Å². The van der Waals surface area contributed by atoms with Gasteiger partial charge in [-0.05, 0) is 68.4 Å². The molecule has 1 saturated heterocycles. The van der Waals surface area contributed by atoms with Gasteiger partial charge in [-0.15, -0.1) is 11.8 Å². The number of halogens is 2. The van der Waals surface area contributed by atoms with E-state index < -0.39 is 17.9 Å². The van der Waals surface area contributed by atoms with E-state index in [4.69, 9.17) is 11.6 Å². The second-order valence-electron chi connectivity index (χ2n) is 9.99. The Morgan fingerprint density at radius 2 is 1.84 bits per heavy atom. The monoisotopic (exact) mass is 522 g/mol. The Labute approximate surface area is 199 Å². The zero-order chi connectivity index (χ0) is 21.5. The summed E-state index contributed by atoms with van der Waals surface area (Å²) in [6.45, 7) is 0. The number of fused-ring (bicyclic) bond motifs is 1. The van der Waals surface area contributed by atoms with Crippen LogP contribution in [0, 0.1) is 17.8 Å². The van der Waals surface area contributed by atoms with E-state index in [1.165, 1.54) is 19.3 Å². The highest BCUT2D eigenvalue weighted by Gasteiger charge is 2.54. The summed E-state index contributed by atoms with van der Waals surface area (Å²) in [5, 5.41) is 14.4. The first-order valence-corrected chi connectivity index (χ1v) is 13.2. The first kappa shape index (κ1) is 20.4. The molecule has 2 aliphatic heterocycles. The second-order valence-corrected chi connectivity index (χ2v) is 12.4. The molecule has 4 aliphatic carbocycles. The lowest BCUT2D eigenvalue weighted by Gasteiger charge is -2.56. The van der Waals surface area contributed by atoms with Crippen molar-refractivity contribution in [2.75, 3.05) is 5.75 Å². The molecule has 0 radical (unpaired) electrons. The van der Waals surface area contributed by atoms with Crippen molar-refractivity contribution in [1.82, 2.24) is 10.2 Å². The normalized spacial score (nSPS) is 38.2. The molecule has 2 atom stereocenters. The van der Waals surface area contributed by atoms with Gasteiger partial charge in [0.2, 0.25) is 0 Å². The first-order valence-electron chi connectivity index (χ1n) is 11.0. The zero-order valence-electron chi connectivity index (χ0n) is 16.9. The SMILES string of the molecule is O=C(NC12CC3CC(CC(C3)C1)C2)C1=C(O)C2CS[C@@H](c3ccc(Br)cc3Cl)N2C1=O. The van der Waals surface area contributed by atoms with Gasteiger partial charge in [-0.2, -0.15) is 0 Å². The molecule has 1 unspecified atom stereocenters. The predicted molar refractivity (Wildman–Crippen MR) is 124 cm³/mol. The van der Waals surface area contributed by atoms with Crippen molar-refractivity contribution in [1.29, 1.82) is 0 Å². The molecule has 0 aromatic heterocycles. The van der Waals surface area contributed by atoms with E-state index in [-0.39, 0.29) is 22.2 Å². The Morgan fingerprint density at radius 1 is 1.19 bits per heavy atom. The molecule has 4 saturated carbocycles. The second kappa shape index (κ2) is 7.16. The molecular formula is C23H24BrClN2O3S. The lowest BCUT2D eigenvalue weighted by molar-refractivity contribution is -0.131. The molecule has 8 heteroatoms. The van der Waals surface area contributed by atoms with Gasteiger partial charge in [0.15, 0.2) is 0 Å². The van der Waals surface area contributed by atoms with Crippen LogP contribution < -0.4 is 5.32 Å². The average Bonchev–Trinajstić information content (AvgIpc) is 3.20. The smallest absolute Gasteiger partial charge is 0.264 e. The highest BCUT2D eigenvalue weighted by atomic mass is 79.9. The van der Waals surface area contributed by atoms with E-state index in [0.29, 0.717) is 28.5 Å². The number of aliphatic hydroxyl groups excluding tert-OH is 1. The molecule has 2 heterocycles. The Balaban J connectivity index is 1.25. The van der Waals surface area contributed by atoms with Crippen molar-refractivity contribution in [2.24, 2.45) is 17.8 Å². The van der Waals surface area contributed by atoms with Gasteiger partial charge < -0.3 is 15.3 Å². The molecule has 7 rings (SSSR count). The number of nitrogens with one attached hydrogen (secondary N) is 1. The number of carbonyl (C=O) groups excluding carboxylic acids is 2. The van der Waals surface area contributed by atoms with Gasteiger partial charge in [0.05, 0.1) is 0 Å². The molecule has 31 heavy (non-hydrogen) atoms. The van der Waals surface area contributed by atoms with Crippen LogP contribution in [0.5, 0.6) is 0 Å². The van der Waals surface area contributed by atoms with Crippen LogP contribution in [0.1, 0.15) is 49.5 Å². The van der Waals surface area contributed by atoms with Crippen LogP contribution in [0.2, 0.25) is 5.02 Å². The summed E-state index contributed by atoms with van der Waals surface area (Å²) >= 11 is 11.4. The number of hydrogen-bond donors (Lipinski definition) is 2. The average molecular weight is 524 g/mol. The third kappa shape index (κ3) is 3.17. The molecule has 5 fully saturated rings. The Bertz CT molecular complexity index is 993. The summed E-state index contributed by atoms with van der Waals surface area (Å²) in [5.74, 6) is 1.74. The fraction of sp³-hybridized carbons (Fsp3) is 0.565. The summed E-state index contributed by atoms with van der Waals surface area (Å²) in [4.78, 5) is 28.3. The van der Waals surface area contributed by atoms with Crippen LogP contribution in [-0.4, -0.2) is 39.2 Å². The highest BCUT2D eigenvalue weighted by molar-refractivity contribution is 9.10. The molecule has 1 aromatic rings. The van der Waals surface area contributed by atoms with Gasteiger partial charge in [0.25, 0.3) is 11.8 Å². The number of amides is 2. The van der Waals surface area contributed by atoms with Gasteiger partial charge >= 0.3 is 0 Å². The highest BCUT2D eigenvalue weighted by Crippen LogP contribution is 2.56. The number of hydrogen-bond acceptors (Lipinski definition) is 4. The maximum atomic E-state index is 13.4. The number of benzene rings is 1. The Hall–Kier alpha value is -1.18. The summed E-state index contributed by atoms with van der Waals surface area (Å²) in [6.07, 6.45) is 6.87. The van der Waals surface area contributed by atoms with E-state index in [9.17, 15) is 14.7 Å². The fourth-order valence-electron chi connectivity index (χ4n) is 7.09. The van der Waals surface area contributed by atoms with Gasteiger partial charge in [0, 0.05) is 26.4 Å². The van der Waals surface area contributed by atoms with Gasteiger partial charge in [0.1, 0.15) is 22.7 Å². The Morgan fingerprint density at radius 3 is 2.45 bits per heavy atom. The summed E-state index contributed by atoms with van der Waals surface area (Å²) in [7, 11) is 0. The summed E-state index contributed by atoms with van der Waals surface area (Å²) in [5.41, 5.74) is 0.552. The van der Waals surface area contributed by atoms with Crippen LogP contribution >= 0.6 is 39.3 Å². The molecule has 1 aromatic carbocycles. The first-order chi connectivity index (χ1) is 14.8. The largest absolute Gasteiger partial charge is 0.509 e. The number of thioether (sulfide) groups is 1. The molecule has 2 amide bonds. The van der Waals surface area contributed by atoms with E-state index >= 15 is 0 Å². The molecule has 164 valence electrons. The van der Waals surface area contributed by atoms with Crippen LogP contribution in [0.25, 0.3) is 0 Å². The van der Waals surface area contributed by atoms with Crippen molar-refractivity contribution in [2.45, 2.75) is 55.5 Å². The fourth-order valence-corrected chi connectivity index (χ4v) is 9.41. The number of nitrogens with zero attached hydrogens (tertiary/aromatic N) is 1. The summed E-state index contributed by atoms with van der Waals surface area (Å²) in [6, 6.07) is 5.12. The van der Waals surface area contributed by atoms with Crippen LogP contribution in [0.3, 0.4) is 0 Å². The van der Waals surface area contributed by atoms with Crippen molar-refractivity contribution in [3.63, 3.8) is 0 Å². The van der Waals surface area contributed by atoms with Crippen molar-refractivity contribution < 1.29 is 14.7 Å². The lowest BCUT2D eigenvalue weighted by Crippen LogP contribution is -2.60. The summed E-state index contributed by atoms with van der Waals surface area (Å²) < 4.78 is 0.866. The third-order valence-electron chi connectivity index (χ3n) is 7.89. The van der Waals surface area contributed by atoms with Gasteiger partial charge in [-0.25, -0.2) is 0 Å².